The Morgan fingerprint density at radius 2 is 1.50 bits per heavy atom. The van der Waals surface area contributed by atoms with Crippen molar-refractivity contribution in [3.8, 4) is 0 Å². The average molecular weight is 1050 g/mol. The lowest BCUT2D eigenvalue weighted by Gasteiger charge is -2.49. The molecule has 7 aromatic rings. The highest BCUT2D eigenvalue weighted by molar-refractivity contribution is 8.07. The first kappa shape index (κ1) is 51.2. The van der Waals surface area contributed by atoms with Crippen LogP contribution in [0.3, 0.4) is 0 Å². The van der Waals surface area contributed by atoms with Crippen LogP contribution in [0.4, 0.5) is 10.2 Å². The molecule has 1 saturated carbocycles. The van der Waals surface area contributed by atoms with Crippen LogP contribution in [0.25, 0.3) is 27.2 Å². The van der Waals surface area contributed by atoms with Crippen molar-refractivity contribution >= 4 is 79.5 Å². The van der Waals surface area contributed by atoms with Gasteiger partial charge in [-0.25, -0.2) is 40.9 Å². The topological polar surface area (TPSA) is 213 Å². The van der Waals surface area contributed by atoms with Gasteiger partial charge < -0.3 is 37.5 Å². The molecule has 2 fully saturated rings. The Bertz CT molecular complexity index is 3100. The fourth-order valence-electron chi connectivity index (χ4n) is 9.58. The van der Waals surface area contributed by atoms with Crippen LogP contribution in [0.15, 0.2) is 116 Å². The number of carbonyl (C=O) groups excluding carboxylic acids is 1. The molecule has 1 amide bonds. The van der Waals surface area contributed by atoms with Crippen LogP contribution >= 0.6 is 15.0 Å². The number of nitrogens with one attached hydrogen (secondary N) is 1. The number of hydrogen-bond acceptors (Lipinski definition) is 15. The molecule has 0 radical (unpaired) electrons. The van der Waals surface area contributed by atoms with E-state index in [-0.39, 0.29) is 59.7 Å². The molecular weight excluding hydrogens is 1000 g/mol. The molecule has 2 unspecified atom stereocenters. The number of imidazole rings is 2. The first-order valence-electron chi connectivity index (χ1n) is 23.1. The molecule has 2 N–H and O–H groups in total. The zero-order chi connectivity index (χ0) is 50.6. The number of carbonyl (C=O) groups is 1. The molecule has 72 heavy (non-hydrogen) atoms. The number of nitrogens with zero attached hydrogens (tertiary/aromatic N) is 9. The number of rotatable bonds is 20. The first-order chi connectivity index (χ1) is 34.7. The number of alkyl halides is 1. The lowest BCUT2D eigenvalue weighted by molar-refractivity contribution is -0.0454. The van der Waals surface area contributed by atoms with Crippen LogP contribution < -0.4 is 15.7 Å². The van der Waals surface area contributed by atoms with Crippen LogP contribution in [0.5, 0.6) is 0 Å². The van der Waals surface area contributed by atoms with E-state index in [1.165, 1.54) is 23.5 Å². The average Bonchev–Trinajstić information content (AvgIpc) is 4.08. The highest BCUT2D eigenvalue weighted by Gasteiger charge is 2.54. The van der Waals surface area contributed by atoms with E-state index in [0.29, 0.717) is 29.8 Å². The van der Waals surface area contributed by atoms with Gasteiger partial charge in [0.2, 0.25) is 6.54 Å². The zero-order valence-corrected chi connectivity index (χ0v) is 43.3. The van der Waals surface area contributed by atoms with Gasteiger partial charge in [0.1, 0.15) is 30.9 Å². The van der Waals surface area contributed by atoms with Gasteiger partial charge in [0.15, 0.2) is 41.1 Å². The number of ether oxygens (including phenoxy) is 1. The molecule has 0 bridgehead atoms. The largest absolute Gasteiger partial charge is 0.695 e. The maximum absolute atomic E-state index is 16.6. The fraction of sp³-hybridized carbons (Fsp3) is 0.375. The van der Waals surface area contributed by atoms with E-state index in [1.54, 1.807) is 36.7 Å². The van der Waals surface area contributed by atoms with Crippen LogP contribution in [0, 0.1) is 25.3 Å². The van der Waals surface area contributed by atoms with Crippen LogP contribution in [0.2, 0.25) is 5.04 Å². The van der Waals surface area contributed by atoms with Crippen molar-refractivity contribution in [3.63, 3.8) is 0 Å². The smallest absolute Gasteiger partial charge is 0.407 e. The van der Waals surface area contributed by atoms with Crippen molar-refractivity contribution in [1.82, 2.24) is 39.0 Å². The van der Waals surface area contributed by atoms with Gasteiger partial charge >= 0.3 is 15.0 Å². The van der Waals surface area contributed by atoms with Gasteiger partial charge in [-0.2, -0.15) is 0 Å². The molecule has 2 aliphatic rings. The minimum absolute atomic E-state index is 0.0185. The summed E-state index contributed by atoms with van der Waals surface area (Å²) >= 11 is 6.04. The van der Waals surface area contributed by atoms with E-state index in [4.69, 9.17) is 45.6 Å². The highest BCUT2D eigenvalue weighted by atomic mass is 32.5. The van der Waals surface area contributed by atoms with Crippen molar-refractivity contribution in [2.24, 2.45) is 11.8 Å². The fourth-order valence-corrected chi connectivity index (χ4v) is 16.5. The summed E-state index contributed by atoms with van der Waals surface area (Å²) in [6, 6.07) is 29.1. The number of aryl methyl sites for hydroxylation is 1. The number of halogens is 1. The Balaban J connectivity index is 0.975. The number of aromatic nitrogens is 8. The Hall–Kier alpha value is -5.66. The van der Waals surface area contributed by atoms with E-state index >= 15 is 4.39 Å². The maximum Gasteiger partial charge on any atom is 0.695 e. The molecule has 374 valence electrons. The predicted octanol–water partition coefficient (Wildman–Crippen LogP) is 7.44. The second-order valence-corrected chi connectivity index (χ2v) is 26.4. The minimum Gasteiger partial charge on any atom is -0.407 e. The second-order valence-electron chi connectivity index (χ2n) is 18.4. The van der Waals surface area contributed by atoms with Crippen LogP contribution in [-0.4, -0.2) is 110 Å². The molecule has 24 heteroatoms. The molecule has 3 aromatic carbocycles. The summed E-state index contributed by atoms with van der Waals surface area (Å²) in [7, 11) is -6.29. The van der Waals surface area contributed by atoms with Crippen LogP contribution in [0.1, 0.15) is 55.5 Å². The zero-order valence-electron chi connectivity index (χ0n) is 39.7. The summed E-state index contributed by atoms with van der Waals surface area (Å²) in [5.74, 6) is -0.695. The van der Waals surface area contributed by atoms with Crippen LogP contribution in [-0.2, 0) is 43.6 Å². The van der Waals surface area contributed by atoms with Crippen molar-refractivity contribution in [2.45, 2.75) is 69.8 Å². The maximum atomic E-state index is 16.6. The van der Waals surface area contributed by atoms with Gasteiger partial charge in [0, 0.05) is 28.7 Å². The van der Waals surface area contributed by atoms with Crippen molar-refractivity contribution in [3.05, 3.63) is 139 Å². The Morgan fingerprint density at radius 1 is 0.889 bits per heavy atom. The van der Waals surface area contributed by atoms with Crippen molar-refractivity contribution < 1.29 is 45.9 Å². The SMILES string of the molecule is [C-]#[N+]CCOP(=S)(OC[C@@H]1[C@@H](CO[Si](c2ccccc2)(c2ccccc2)C(C)(C)C)C[C@H]1n1cnc2c(C)ncnc21)OC[C@H]1O[C@@H](n2cnc3c(NC(=O)c4ccccc4)ncnc32)[C@H](F)[C@@H]1O[P+](=O)O. The van der Waals surface area contributed by atoms with Gasteiger partial charge in [0.25, 0.3) is 14.2 Å². The molecule has 9 atom stereocenters. The molecule has 9 rings (SSSR count). The van der Waals surface area contributed by atoms with Crippen molar-refractivity contribution in [1.29, 1.82) is 0 Å². The third-order valence-corrected chi connectivity index (χ3v) is 20.9. The molecule has 5 heterocycles. The van der Waals surface area contributed by atoms with Gasteiger partial charge in [-0.15, -0.1) is 9.42 Å². The Labute approximate surface area is 421 Å². The summed E-state index contributed by atoms with van der Waals surface area (Å²) < 4.78 is 69.9. The molecule has 19 nitrogen and oxygen atoms in total. The van der Waals surface area contributed by atoms with E-state index in [1.807, 2.05) is 47.9 Å². The Morgan fingerprint density at radius 3 is 2.15 bits per heavy atom. The number of fused-ring (bicyclic) bond motifs is 2. The molecule has 1 aliphatic carbocycles. The van der Waals surface area contributed by atoms with E-state index in [0.717, 1.165) is 16.1 Å². The quantitative estimate of drug-likeness (QED) is 0.0328. The molecule has 0 spiro atoms. The summed E-state index contributed by atoms with van der Waals surface area (Å²) in [6.07, 6.45) is -0.158. The summed E-state index contributed by atoms with van der Waals surface area (Å²) in [5, 5.41) is 4.72. The number of hydrogen-bond donors (Lipinski definition) is 2. The van der Waals surface area contributed by atoms with Gasteiger partial charge in [-0.05, 0) is 58.6 Å². The highest BCUT2D eigenvalue weighted by Crippen LogP contribution is 2.55. The second kappa shape index (κ2) is 21.8. The molecule has 1 aliphatic heterocycles. The van der Waals surface area contributed by atoms with E-state index in [2.05, 4.69) is 85.1 Å². The summed E-state index contributed by atoms with van der Waals surface area (Å²) in [6.45, 7) is 11.9. The lowest BCUT2D eigenvalue weighted by atomic mass is 9.70. The predicted molar refractivity (Wildman–Crippen MR) is 271 cm³/mol. The van der Waals surface area contributed by atoms with Gasteiger partial charge in [-0.1, -0.05) is 99.6 Å². The summed E-state index contributed by atoms with van der Waals surface area (Å²) in [4.78, 5) is 52.8. The normalized spacial score (nSPS) is 22.3. The number of anilines is 1. The van der Waals surface area contributed by atoms with Gasteiger partial charge in [-0.3, -0.25) is 9.36 Å². The van der Waals surface area contributed by atoms with Gasteiger partial charge in [0.05, 0.1) is 31.6 Å². The molecule has 4 aromatic heterocycles. The minimum atomic E-state index is -3.81. The third kappa shape index (κ3) is 10.4. The standard InChI is InChI=1S/C48H51FN10O9P2SSi/c1-31-40-44(53-27-51-31)58(29-55-40)37-23-33(24-66-72(48(2,3)4,34-17-11-7-12-18-34)35-19-13-8-14-20-35)36(37)25-64-70(71,63-22-21-50-5)65-26-38-42(68-69(61)62)39(49)47(67-38)59-30-56-41-43(52-28-54-45(41)59)57-46(60)32-15-9-6-10-16-32/h6-20,27-30,33,36-39,42,47H,21-26H2,1-4H3,(H-,52,54,57,60,61,62)/p+1/t33-,36-,37-,38-,39-,42-,47-,70?/m1/s1. The van der Waals surface area contributed by atoms with E-state index in [9.17, 15) is 14.3 Å². The van der Waals surface area contributed by atoms with Crippen molar-refractivity contribution in [2.75, 3.05) is 38.3 Å². The third-order valence-electron chi connectivity index (χ3n) is 13.1. The molecular formula is C48H52FN10O9P2SSi+. The first-order valence-corrected chi connectivity index (χ1v) is 28.7. The van der Waals surface area contributed by atoms with E-state index < -0.39 is 60.4 Å². The Kier molecular flexibility index (Phi) is 15.5. The molecule has 1 saturated heterocycles. The summed E-state index contributed by atoms with van der Waals surface area (Å²) in [5.41, 5.74) is 2.69. The monoisotopic (exact) mass is 1050 g/mol. The lowest BCUT2D eigenvalue weighted by Crippen LogP contribution is -2.67. The number of amides is 1. The number of benzene rings is 3.